The van der Waals surface area contributed by atoms with Crippen LogP contribution in [0.1, 0.15) is 65.5 Å². The van der Waals surface area contributed by atoms with E-state index in [0.29, 0.717) is 0 Å². The van der Waals surface area contributed by atoms with Gasteiger partial charge in [0.25, 0.3) is 0 Å². The zero-order chi connectivity index (χ0) is 21.3. The molecule has 0 atom stereocenters. The number of fused-ring (bicyclic) bond motifs is 4. The topological polar surface area (TPSA) is 27.8 Å². The van der Waals surface area contributed by atoms with Crippen LogP contribution in [0.5, 0.6) is 11.5 Å². The first-order chi connectivity index (χ1) is 14.1. The Labute approximate surface area is 179 Å². The normalized spacial score (nSPS) is 17.9. The van der Waals surface area contributed by atoms with E-state index in [1.54, 1.807) is 0 Å². The zero-order valence-electron chi connectivity index (χ0n) is 19.3. The first-order valence-corrected chi connectivity index (χ1v) is 11.4. The van der Waals surface area contributed by atoms with Crippen LogP contribution in [0.4, 0.5) is 11.4 Å². The van der Waals surface area contributed by atoms with Crippen molar-refractivity contribution in [2.45, 2.75) is 78.3 Å². The van der Waals surface area contributed by atoms with Crippen molar-refractivity contribution < 1.29 is 4.74 Å². The molecule has 0 aromatic heterocycles. The molecule has 0 saturated heterocycles. The van der Waals surface area contributed by atoms with Gasteiger partial charge in [0, 0.05) is 35.8 Å². The Hall–Kier alpha value is -2.36. The molecule has 0 fully saturated rings. The average molecular weight is 405 g/mol. The lowest BCUT2D eigenvalue weighted by Gasteiger charge is -2.42. The summed E-state index contributed by atoms with van der Waals surface area (Å²) in [6.07, 6.45) is 4.61. The zero-order valence-corrected chi connectivity index (χ0v) is 19.3. The minimum absolute atomic E-state index is 0.0966. The van der Waals surface area contributed by atoms with E-state index in [-0.39, 0.29) is 11.1 Å². The van der Waals surface area contributed by atoms with Crippen molar-refractivity contribution in [3.63, 3.8) is 0 Å². The van der Waals surface area contributed by atoms with Gasteiger partial charge in [-0.2, -0.15) is 0 Å². The Balaban J connectivity index is 1.67. The molecule has 158 valence electrons. The molecule has 0 bridgehead atoms. The molecule has 0 spiro atoms. The average Bonchev–Trinajstić information content (AvgIpc) is 2.66. The highest BCUT2D eigenvalue weighted by Crippen LogP contribution is 2.43. The molecule has 0 amide bonds. The summed E-state index contributed by atoms with van der Waals surface area (Å²) < 4.78 is 9.00. The Morgan fingerprint density at radius 2 is 1.67 bits per heavy atom. The van der Waals surface area contributed by atoms with E-state index in [2.05, 4.69) is 75.3 Å². The van der Waals surface area contributed by atoms with Crippen molar-refractivity contribution >= 4 is 11.4 Å². The lowest BCUT2D eigenvalue weighted by molar-refractivity contribution is 0.335. The van der Waals surface area contributed by atoms with E-state index in [1.807, 2.05) is 0 Å². The highest BCUT2D eigenvalue weighted by Gasteiger charge is 2.31. The van der Waals surface area contributed by atoms with E-state index in [0.717, 1.165) is 48.5 Å². The second-order valence-electron chi connectivity index (χ2n) is 11.0. The van der Waals surface area contributed by atoms with Gasteiger partial charge in [0.2, 0.25) is 5.36 Å². The first-order valence-electron chi connectivity index (χ1n) is 11.4. The number of hydrogen-bond acceptors (Lipinski definition) is 3. The van der Waals surface area contributed by atoms with Gasteiger partial charge >= 0.3 is 0 Å². The largest absolute Gasteiger partial charge is 0.452 e. The maximum atomic E-state index is 6.48. The molecular weight excluding hydrogens is 370 g/mol. The number of rotatable bonds is 0. The Morgan fingerprint density at radius 3 is 2.40 bits per heavy atom. The highest BCUT2D eigenvalue weighted by molar-refractivity contribution is 5.69. The molecule has 3 heterocycles. The number of ether oxygens (including phenoxy) is 1. The molecule has 4 nitrogen and oxygen atoms in total. The maximum Gasteiger partial charge on any atom is 0.207 e. The lowest BCUT2D eigenvalue weighted by Crippen LogP contribution is -2.49. The van der Waals surface area contributed by atoms with Gasteiger partial charge in [0.1, 0.15) is 17.6 Å². The van der Waals surface area contributed by atoms with Crippen LogP contribution >= 0.6 is 0 Å². The Morgan fingerprint density at radius 1 is 0.900 bits per heavy atom. The van der Waals surface area contributed by atoms with Crippen LogP contribution in [0.15, 0.2) is 29.3 Å². The highest BCUT2D eigenvalue weighted by atomic mass is 16.5. The summed E-state index contributed by atoms with van der Waals surface area (Å²) in [6, 6.07) is 8.96. The number of anilines is 1. The SMILES string of the molecule is CC(C)(C)N1CCCc2cc3c(cc21)Oc1cc2c(cc1=N3)CCC[N+]=2C(C)(C)C. The van der Waals surface area contributed by atoms with E-state index in [9.17, 15) is 0 Å². The molecule has 4 heteroatoms. The summed E-state index contributed by atoms with van der Waals surface area (Å²) >= 11 is 0. The number of hydrogen-bond donors (Lipinski definition) is 0. The number of nitrogens with zero attached hydrogens (tertiary/aromatic N) is 3. The van der Waals surface area contributed by atoms with Gasteiger partial charge in [-0.15, -0.1) is 0 Å². The monoisotopic (exact) mass is 404 g/mol. The van der Waals surface area contributed by atoms with E-state index in [1.165, 1.54) is 35.0 Å². The predicted octanol–water partition coefficient (Wildman–Crippen LogP) is 4.53. The molecule has 0 aliphatic carbocycles. The summed E-state index contributed by atoms with van der Waals surface area (Å²) in [6.45, 7) is 15.9. The second kappa shape index (κ2) is 6.57. The van der Waals surface area contributed by atoms with Crippen LogP contribution in [0.3, 0.4) is 0 Å². The summed E-state index contributed by atoms with van der Waals surface area (Å²) in [5.41, 5.74) is 5.25. The third kappa shape index (κ3) is 3.21. The summed E-state index contributed by atoms with van der Waals surface area (Å²) in [4.78, 5) is 7.55. The molecule has 0 unspecified atom stereocenters. The van der Waals surface area contributed by atoms with E-state index in [4.69, 9.17) is 9.73 Å². The van der Waals surface area contributed by atoms with Crippen molar-refractivity contribution in [2.24, 2.45) is 4.99 Å². The van der Waals surface area contributed by atoms with Gasteiger partial charge in [-0.25, -0.2) is 9.57 Å². The fourth-order valence-electron chi connectivity index (χ4n) is 5.18. The van der Waals surface area contributed by atoms with Crippen molar-refractivity contribution in [1.82, 2.24) is 4.58 Å². The third-order valence-corrected chi connectivity index (χ3v) is 6.64. The fraction of sp³-hybridized carbons (Fsp3) is 0.538. The molecule has 0 N–H and O–H groups in total. The number of benzene rings is 2. The van der Waals surface area contributed by atoms with Crippen LogP contribution in [-0.4, -0.2) is 24.2 Å². The van der Waals surface area contributed by atoms with Crippen molar-refractivity contribution in [3.05, 3.63) is 46.1 Å². The molecule has 0 saturated carbocycles. The molecule has 0 radical (unpaired) electrons. The Kier molecular flexibility index (Phi) is 4.29. The quantitative estimate of drug-likeness (QED) is 0.515. The third-order valence-electron chi connectivity index (χ3n) is 6.64. The lowest BCUT2D eigenvalue weighted by atomic mass is 9.94. The molecule has 2 aromatic rings. The van der Waals surface area contributed by atoms with Gasteiger partial charge in [-0.05, 0) is 78.5 Å². The number of aryl methyl sites for hydroxylation is 2. The van der Waals surface area contributed by atoms with Gasteiger partial charge < -0.3 is 9.64 Å². The van der Waals surface area contributed by atoms with Gasteiger partial charge in [-0.3, -0.25) is 0 Å². The fourth-order valence-corrected chi connectivity index (χ4v) is 5.18. The first kappa shape index (κ1) is 19.6. The second-order valence-corrected chi connectivity index (χ2v) is 11.0. The smallest absolute Gasteiger partial charge is 0.207 e. The summed E-state index contributed by atoms with van der Waals surface area (Å²) in [5, 5.41) is 2.28. The Bertz CT molecular complexity index is 1150. The van der Waals surface area contributed by atoms with Crippen LogP contribution in [-0.2, 0) is 12.8 Å². The molecule has 2 aromatic carbocycles. The minimum atomic E-state index is 0.0966. The molecule has 30 heavy (non-hydrogen) atoms. The van der Waals surface area contributed by atoms with Gasteiger partial charge in [0.05, 0.1) is 6.07 Å². The minimum Gasteiger partial charge on any atom is -0.452 e. The molecular formula is C26H34N3O+. The van der Waals surface area contributed by atoms with Gasteiger partial charge in [0.15, 0.2) is 17.0 Å². The van der Waals surface area contributed by atoms with E-state index < -0.39 is 0 Å². The summed E-state index contributed by atoms with van der Waals surface area (Å²) in [5.74, 6) is 1.77. The van der Waals surface area contributed by atoms with Crippen molar-refractivity contribution in [2.75, 3.05) is 18.0 Å². The van der Waals surface area contributed by atoms with E-state index >= 15 is 0 Å². The van der Waals surface area contributed by atoms with Crippen LogP contribution in [0, 0.1) is 0 Å². The summed E-state index contributed by atoms with van der Waals surface area (Å²) in [7, 11) is 0. The molecule has 5 rings (SSSR count). The molecule has 3 aliphatic heterocycles. The standard InChI is InChI=1S/C26H34N3O/c1-25(2,3)28-11-7-9-17-13-19-23(15-21(17)28)30-24-16-22-18(14-20(24)27-19)10-8-12-29(22)26(4,5)6/h13-16H,7-12H2,1-6H3/q+1. The van der Waals surface area contributed by atoms with Crippen LogP contribution in [0.25, 0.3) is 0 Å². The maximum absolute atomic E-state index is 6.48. The van der Waals surface area contributed by atoms with Crippen molar-refractivity contribution in [3.8, 4) is 11.5 Å². The predicted molar refractivity (Wildman–Crippen MR) is 123 cm³/mol. The van der Waals surface area contributed by atoms with Crippen LogP contribution in [0.2, 0.25) is 0 Å². The molecule has 3 aliphatic rings. The van der Waals surface area contributed by atoms with Gasteiger partial charge in [-0.1, -0.05) is 0 Å². The van der Waals surface area contributed by atoms with Crippen molar-refractivity contribution in [1.29, 1.82) is 0 Å². The van der Waals surface area contributed by atoms with Crippen LogP contribution < -0.4 is 24.9 Å².